The van der Waals surface area contributed by atoms with E-state index >= 15 is 0 Å². The third kappa shape index (κ3) is 7.50. The van der Waals surface area contributed by atoms with Crippen molar-refractivity contribution in [1.29, 1.82) is 0 Å². The summed E-state index contributed by atoms with van der Waals surface area (Å²) in [7, 11) is 0. The van der Waals surface area contributed by atoms with Gasteiger partial charge in [-0.15, -0.1) is 0 Å². The maximum Gasteiger partial charge on any atom is 0.0651 e. The van der Waals surface area contributed by atoms with Crippen molar-refractivity contribution < 1.29 is 0 Å². The zero-order valence-electron chi connectivity index (χ0n) is 7.36. The summed E-state index contributed by atoms with van der Waals surface area (Å²) >= 11 is 0. The molecule has 0 bridgehead atoms. The van der Waals surface area contributed by atoms with Crippen LogP contribution in [0.1, 0.15) is 27.7 Å². The van der Waals surface area contributed by atoms with E-state index in [2.05, 4.69) is 31.4 Å². The van der Waals surface area contributed by atoms with E-state index in [0.29, 0.717) is 0 Å². The smallest absolute Gasteiger partial charge is 0.0651 e. The molecule has 60 valence electrons. The second-order valence-electron chi connectivity index (χ2n) is 3.31. The van der Waals surface area contributed by atoms with E-state index in [1.807, 2.05) is 19.2 Å². The molecule has 0 radical (unpaired) electrons. The predicted octanol–water partition coefficient (Wildman–Crippen LogP) is 1.46. The summed E-state index contributed by atoms with van der Waals surface area (Å²) in [5, 5.41) is 6.39. The molecule has 2 heteroatoms. The summed E-state index contributed by atoms with van der Waals surface area (Å²) in [6, 6.07) is 0. The lowest BCUT2D eigenvalue weighted by atomic mass is 10.1. The third-order valence-corrected chi connectivity index (χ3v) is 1.01. The second-order valence-corrected chi connectivity index (χ2v) is 3.31. The van der Waals surface area contributed by atoms with E-state index in [9.17, 15) is 0 Å². The van der Waals surface area contributed by atoms with Gasteiger partial charge in [-0.3, -0.25) is 5.32 Å². The molecular weight excluding hydrogens is 124 g/mol. The van der Waals surface area contributed by atoms with Gasteiger partial charge >= 0.3 is 0 Å². The molecule has 0 heterocycles. The number of hydrogen-bond acceptors (Lipinski definition) is 2. The molecule has 0 aliphatic rings. The average molecular weight is 142 g/mol. The van der Waals surface area contributed by atoms with Gasteiger partial charge in [0.25, 0.3) is 0 Å². The van der Waals surface area contributed by atoms with Gasteiger partial charge < -0.3 is 5.32 Å². The summed E-state index contributed by atoms with van der Waals surface area (Å²) in [5.74, 6) is 0. The van der Waals surface area contributed by atoms with Crippen LogP contribution < -0.4 is 10.6 Å². The van der Waals surface area contributed by atoms with E-state index in [1.165, 1.54) is 0 Å². The normalized spacial score (nSPS) is 12.4. The van der Waals surface area contributed by atoms with Gasteiger partial charge in [0, 0.05) is 5.54 Å². The fraction of sp³-hybridized carbons (Fsp3) is 0.750. The van der Waals surface area contributed by atoms with Crippen LogP contribution in [-0.2, 0) is 0 Å². The minimum atomic E-state index is 0.203. The van der Waals surface area contributed by atoms with Crippen LogP contribution in [0.4, 0.5) is 0 Å². The van der Waals surface area contributed by atoms with Crippen LogP contribution in [0.25, 0.3) is 0 Å². The summed E-state index contributed by atoms with van der Waals surface area (Å²) in [4.78, 5) is 0. The Morgan fingerprint density at radius 1 is 1.30 bits per heavy atom. The first-order valence-corrected chi connectivity index (χ1v) is 3.66. The number of rotatable bonds is 3. The SMILES string of the molecule is C/C=C\NCNC(C)(C)C. The minimum Gasteiger partial charge on any atom is -0.379 e. The van der Waals surface area contributed by atoms with Gasteiger partial charge in [0.15, 0.2) is 0 Å². The van der Waals surface area contributed by atoms with Crippen LogP contribution in [0.2, 0.25) is 0 Å². The summed E-state index contributed by atoms with van der Waals surface area (Å²) in [6.07, 6.45) is 3.91. The molecule has 0 unspecified atom stereocenters. The Labute approximate surface area is 63.7 Å². The molecule has 0 aromatic heterocycles. The minimum absolute atomic E-state index is 0.203. The highest BCUT2D eigenvalue weighted by Crippen LogP contribution is 1.95. The summed E-state index contributed by atoms with van der Waals surface area (Å²) < 4.78 is 0. The van der Waals surface area contributed by atoms with Gasteiger partial charge in [-0.05, 0) is 33.9 Å². The average Bonchev–Trinajstić information content (AvgIpc) is 1.78. The quantitative estimate of drug-likeness (QED) is 0.460. The first kappa shape index (κ1) is 9.50. The Kier molecular flexibility index (Phi) is 4.12. The van der Waals surface area contributed by atoms with Gasteiger partial charge in [0.1, 0.15) is 0 Å². The van der Waals surface area contributed by atoms with Crippen molar-refractivity contribution in [2.24, 2.45) is 0 Å². The van der Waals surface area contributed by atoms with Gasteiger partial charge in [-0.1, -0.05) is 6.08 Å². The highest BCUT2D eigenvalue weighted by atomic mass is 15.1. The monoisotopic (exact) mass is 142 g/mol. The van der Waals surface area contributed by atoms with E-state index < -0.39 is 0 Å². The maximum absolute atomic E-state index is 3.29. The number of allylic oxidation sites excluding steroid dienone is 1. The molecule has 0 rings (SSSR count). The summed E-state index contributed by atoms with van der Waals surface area (Å²) in [5.41, 5.74) is 0.203. The molecule has 0 amide bonds. The van der Waals surface area contributed by atoms with Crippen molar-refractivity contribution in [3.8, 4) is 0 Å². The van der Waals surface area contributed by atoms with Crippen molar-refractivity contribution in [3.05, 3.63) is 12.3 Å². The van der Waals surface area contributed by atoms with Crippen molar-refractivity contribution in [1.82, 2.24) is 10.6 Å². The Balaban J connectivity index is 3.20. The van der Waals surface area contributed by atoms with Crippen molar-refractivity contribution >= 4 is 0 Å². The molecule has 0 spiro atoms. The standard InChI is InChI=1S/C8H18N2/c1-5-6-9-7-10-8(2,3)4/h5-6,9-10H,7H2,1-4H3/b6-5-. The zero-order valence-corrected chi connectivity index (χ0v) is 7.36. The van der Waals surface area contributed by atoms with Crippen molar-refractivity contribution in [2.75, 3.05) is 6.67 Å². The van der Waals surface area contributed by atoms with Crippen LogP contribution in [0.5, 0.6) is 0 Å². The fourth-order valence-corrected chi connectivity index (χ4v) is 0.493. The van der Waals surface area contributed by atoms with Crippen LogP contribution >= 0.6 is 0 Å². The molecule has 0 aromatic rings. The lowest BCUT2D eigenvalue weighted by Gasteiger charge is -2.20. The highest BCUT2D eigenvalue weighted by molar-refractivity contribution is 4.75. The van der Waals surface area contributed by atoms with Crippen LogP contribution in [0.15, 0.2) is 12.3 Å². The van der Waals surface area contributed by atoms with Crippen molar-refractivity contribution in [2.45, 2.75) is 33.2 Å². The molecule has 0 aliphatic carbocycles. The van der Waals surface area contributed by atoms with Gasteiger partial charge in [0.2, 0.25) is 0 Å². The number of nitrogens with one attached hydrogen (secondary N) is 2. The largest absolute Gasteiger partial charge is 0.379 e. The predicted molar refractivity (Wildman–Crippen MR) is 45.7 cm³/mol. The molecule has 2 N–H and O–H groups in total. The maximum atomic E-state index is 3.29. The lowest BCUT2D eigenvalue weighted by Crippen LogP contribution is -2.40. The zero-order chi connectivity index (χ0) is 8.04. The molecule has 0 saturated heterocycles. The topological polar surface area (TPSA) is 24.1 Å². The molecule has 0 atom stereocenters. The van der Waals surface area contributed by atoms with Crippen LogP contribution in [0, 0.1) is 0 Å². The first-order chi connectivity index (χ1) is 4.56. The Morgan fingerprint density at radius 2 is 1.90 bits per heavy atom. The van der Waals surface area contributed by atoms with E-state index in [1.54, 1.807) is 0 Å². The molecular formula is C8H18N2. The van der Waals surface area contributed by atoms with Crippen molar-refractivity contribution in [3.63, 3.8) is 0 Å². The Hall–Kier alpha value is -0.500. The van der Waals surface area contributed by atoms with Gasteiger partial charge in [-0.2, -0.15) is 0 Å². The second kappa shape index (κ2) is 4.34. The molecule has 0 aromatic carbocycles. The third-order valence-electron chi connectivity index (χ3n) is 1.01. The van der Waals surface area contributed by atoms with E-state index in [-0.39, 0.29) is 5.54 Å². The number of hydrogen-bond donors (Lipinski definition) is 2. The Bertz CT molecular complexity index is 100. The molecule has 0 fully saturated rings. The van der Waals surface area contributed by atoms with Crippen LogP contribution in [-0.4, -0.2) is 12.2 Å². The van der Waals surface area contributed by atoms with Crippen LogP contribution in [0.3, 0.4) is 0 Å². The van der Waals surface area contributed by atoms with E-state index in [4.69, 9.17) is 0 Å². The first-order valence-electron chi connectivity index (χ1n) is 3.66. The molecule has 0 saturated carbocycles. The summed E-state index contributed by atoms with van der Waals surface area (Å²) in [6.45, 7) is 9.25. The Morgan fingerprint density at radius 3 is 2.30 bits per heavy atom. The van der Waals surface area contributed by atoms with E-state index in [0.717, 1.165) is 6.67 Å². The lowest BCUT2D eigenvalue weighted by molar-refractivity contribution is 0.418. The molecule has 0 aliphatic heterocycles. The molecule has 2 nitrogen and oxygen atoms in total. The molecule has 10 heavy (non-hydrogen) atoms. The van der Waals surface area contributed by atoms with Gasteiger partial charge in [0.05, 0.1) is 6.67 Å². The highest BCUT2D eigenvalue weighted by Gasteiger charge is 2.05. The van der Waals surface area contributed by atoms with Gasteiger partial charge in [-0.25, -0.2) is 0 Å². The fourth-order valence-electron chi connectivity index (χ4n) is 0.493.